The molecule has 0 unspecified atom stereocenters. The van der Waals surface area contributed by atoms with Crippen LogP contribution >= 0.6 is 11.3 Å². The molecule has 35 heavy (non-hydrogen) atoms. The van der Waals surface area contributed by atoms with Crippen LogP contribution < -0.4 is 20.3 Å². The molecular weight excluding hydrogens is 467 g/mol. The maximum atomic E-state index is 15.2. The van der Waals surface area contributed by atoms with Crippen molar-refractivity contribution in [2.75, 3.05) is 43.1 Å². The van der Waals surface area contributed by atoms with Gasteiger partial charge >= 0.3 is 0 Å². The van der Waals surface area contributed by atoms with E-state index in [1.54, 1.807) is 17.6 Å². The third-order valence-corrected chi connectivity index (χ3v) is 7.69. The molecule has 0 amide bonds. The van der Waals surface area contributed by atoms with Gasteiger partial charge in [0.2, 0.25) is 0 Å². The summed E-state index contributed by atoms with van der Waals surface area (Å²) < 4.78 is 27.6. The van der Waals surface area contributed by atoms with E-state index >= 15 is 4.39 Å². The molecule has 4 aromatic rings. The molecule has 2 fully saturated rings. The van der Waals surface area contributed by atoms with Crippen molar-refractivity contribution in [3.8, 4) is 5.75 Å². The number of nitrogens with one attached hydrogen (secondary N) is 2. The Bertz CT molecular complexity index is 1380. The summed E-state index contributed by atoms with van der Waals surface area (Å²) in [7, 11) is 0. The minimum atomic E-state index is -0.342. The van der Waals surface area contributed by atoms with Crippen molar-refractivity contribution in [1.82, 2.24) is 20.3 Å². The van der Waals surface area contributed by atoms with Gasteiger partial charge in [-0.1, -0.05) is 0 Å². The third kappa shape index (κ3) is 4.15. The topological polar surface area (TPSA) is 84.4 Å². The molecule has 10 heteroatoms. The number of rotatable bonds is 6. The number of nitrogens with zero attached hydrogens (tertiary/aromatic N) is 4. The van der Waals surface area contributed by atoms with Gasteiger partial charge in [-0.2, -0.15) is 0 Å². The highest BCUT2D eigenvalue weighted by molar-refractivity contribution is 7.16. The molecule has 2 aliphatic heterocycles. The summed E-state index contributed by atoms with van der Waals surface area (Å²) in [5.41, 5.74) is 4.43. The molecule has 2 N–H and O–H groups in total. The average Bonchev–Trinajstić information content (AvgIpc) is 3.30. The standard InChI is InChI=1S/C25H27FN6O2S/c1-14-9-27-5-6-32(14)17-7-20-22(21(8-17)34-15(2)16-10-33-11-16)25(29-12-28-20)31-18-3-4-19-24(23(18)26)35-13-30-19/h3-4,7-8,12-16,27H,5-6,9-11H2,1-2H3,(H,28,29,31)/t14-,15-/m1/s1. The summed E-state index contributed by atoms with van der Waals surface area (Å²) in [6, 6.07) is 7.97. The van der Waals surface area contributed by atoms with Gasteiger partial charge in [-0.15, -0.1) is 11.3 Å². The summed E-state index contributed by atoms with van der Waals surface area (Å²) in [6.45, 7) is 8.38. The van der Waals surface area contributed by atoms with E-state index in [-0.39, 0.29) is 11.9 Å². The van der Waals surface area contributed by atoms with E-state index < -0.39 is 0 Å². The van der Waals surface area contributed by atoms with E-state index in [0.717, 1.165) is 36.2 Å². The number of thiazole rings is 1. The fourth-order valence-corrected chi connectivity index (χ4v) is 5.39. The Labute approximate surface area is 206 Å². The van der Waals surface area contributed by atoms with Gasteiger partial charge < -0.3 is 25.0 Å². The van der Waals surface area contributed by atoms with Crippen LogP contribution in [0.25, 0.3) is 21.1 Å². The summed E-state index contributed by atoms with van der Waals surface area (Å²) in [4.78, 5) is 15.6. The van der Waals surface area contributed by atoms with Crippen LogP contribution in [0.3, 0.4) is 0 Å². The molecular formula is C25H27FN6O2S. The number of ether oxygens (including phenoxy) is 2. The first-order chi connectivity index (χ1) is 17.1. The zero-order valence-electron chi connectivity index (χ0n) is 19.6. The molecule has 0 bridgehead atoms. The molecule has 0 aliphatic carbocycles. The molecule has 0 saturated carbocycles. The maximum absolute atomic E-state index is 15.2. The largest absolute Gasteiger partial charge is 0.489 e. The summed E-state index contributed by atoms with van der Waals surface area (Å²) in [5, 5.41) is 7.37. The van der Waals surface area contributed by atoms with Crippen LogP contribution in [0.4, 0.5) is 21.6 Å². The molecule has 0 spiro atoms. The first-order valence-corrected chi connectivity index (χ1v) is 12.8. The van der Waals surface area contributed by atoms with Gasteiger partial charge in [-0.3, -0.25) is 0 Å². The number of halogens is 1. The highest BCUT2D eigenvalue weighted by Gasteiger charge is 2.28. The number of anilines is 3. The Morgan fingerprint density at radius 1 is 1.23 bits per heavy atom. The van der Waals surface area contributed by atoms with Crippen molar-refractivity contribution < 1.29 is 13.9 Å². The minimum absolute atomic E-state index is 0.0408. The van der Waals surface area contributed by atoms with Crippen molar-refractivity contribution in [3.05, 3.63) is 41.9 Å². The van der Waals surface area contributed by atoms with Crippen LogP contribution in [0.15, 0.2) is 36.1 Å². The zero-order chi connectivity index (χ0) is 23.9. The first kappa shape index (κ1) is 22.4. The lowest BCUT2D eigenvalue weighted by Crippen LogP contribution is -2.49. The number of benzene rings is 2. The van der Waals surface area contributed by atoms with Gasteiger partial charge in [0.05, 0.1) is 45.5 Å². The fourth-order valence-electron chi connectivity index (χ4n) is 4.66. The molecule has 2 aliphatic rings. The monoisotopic (exact) mass is 494 g/mol. The lowest BCUT2D eigenvalue weighted by molar-refractivity contribution is -0.0773. The molecule has 4 heterocycles. The zero-order valence-corrected chi connectivity index (χ0v) is 20.4. The Hall–Kier alpha value is -3.08. The average molecular weight is 495 g/mol. The summed E-state index contributed by atoms with van der Waals surface area (Å²) in [6.07, 6.45) is 1.46. The third-order valence-electron chi connectivity index (χ3n) is 6.85. The van der Waals surface area contributed by atoms with E-state index in [1.807, 2.05) is 0 Å². The van der Waals surface area contributed by atoms with E-state index in [4.69, 9.17) is 9.47 Å². The van der Waals surface area contributed by atoms with Gasteiger partial charge in [0.15, 0.2) is 5.82 Å². The van der Waals surface area contributed by atoms with Gasteiger partial charge in [0.1, 0.15) is 24.0 Å². The molecule has 0 radical (unpaired) electrons. The Balaban J connectivity index is 1.44. The van der Waals surface area contributed by atoms with Crippen LogP contribution in [0, 0.1) is 11.7 Å². The number of aromatic nitrogens is 3. The molecule has 8 nitrogen and oxygen atoms in total. The lowest BCUT2D eigenvalue weighted by atomic mass is 10.0. The smallest absolute Gasteiger partial charge is 0.166 e. The van der Waals surface area contributed by atoms with E-state index in [2.05, 4.69) is 56.5 Å². The van der Waals surface area contributed by atoms with Crippen molar-refractivity contribution in [2.45, 2.75) is 26.0 Å². The second-order valence-electron chi connectivity index (χ2n) is 9.18. The summed E-state index contributed by atoms with van der Waals surface area (Å²) in [5.74, 6) is 1.18. The Kier molecular flexibility index (Phi) is 5.87. The number of fused-ring (bicyclic) bond motifs is 2. The van der Waals surface area contributed by atoms with Crippen molar-refractivity contribution >= 4 is 49.6 Å². The fraction of sp³-hybridized carbons (Fsp3) is 0.400. The predicted octanol–water partition coefficient (Wildman–Crippen LogP) is 4.33. The van der Waals surface area contributed by atoms with Gasteiger partial charge in [-0.05, 0) is 32.0 Å². The Morgan fingerprint density at radius 2 is 2.11 bits per heavy atom. The van der Waals surface area contributed by atoms with E-state index in [0.29, 0.717) is 52.6 Å². The molecule has 6 rings (SSSR count). The van der Waals surface area contributed by atoms with Crippen LogP contribution in [0.1, 0.15) is 13.8 Å². The molecule has 182 valence electrons. The predicted molar refractivity (Wildman–Crippen MR) is 136 cm³/mol. The van der Waals surface area contributed by atoms with E-state index in [9.17, 15) is 0 Å². The molecule has 2 saturated heterocycles. The second kappa shape index (κ2) is 9.18. The van der Waals surface area contributed by atoms with Crippen LogP contribution in [-0.2, 0) is 4.74 Å². The number of hydrogen-bond acceptors (Lipinski definition) is 9. The van der Waals surface area contributed by atoms with Crippen LogP contribution in [-0.4, -0.2) is 59.9 Å². The SMILES string of the molecule is C[C@@H]1CNCCN1c1cc(O[C@H](C)C2COC2)c2c(Nc3ccc4ncsc4c3F)ncnc2c1. The summed E-state index contributed by atoms with van der Waals surface area (Å²) >= 11 is 1.28. The van der Waals surface area contributed by atoms with Crippen molar-refractivity contribution in [1.29, 1.82) is 0 Å². The molecule has 2 aromatic carbocycles. The molecule has 2 atom stereocenters. The Morgan fingerprint density at radius 3 is 2.91 bits per heavy atom. The first-order valence-electron chi connectivity index (χ1n) is 11.9. The van der Waals surface area contributed by atoms with Crippen LogP contribution in [0.2, 0.25) is 0 Å². The van der Waals surface area contributed by atoms with Gasteiger partial charge in [-0.25, -0.2) is 19.3 Å². The van der Waals surface area contributed by atoms with Crippen molar-refractivity contribution in [3.63, 3.8) is 0 Å². The maximum Gasteiger partial charge on any atom is 0.166 e. The van der Waals surface area contributed by atoms with Crippen molar-refractivity contribution in [2.24, 2.45) is 5.92 Å². The quantitative estimate of drug-likeness (QED) is 0.410. The molecule has 2 aromatic heterocycles. The van der Waals surface area contributed by atoms with Gasteiger partial charge in [0.25, 0.3) is 0 Å². The highest BCUT2D eigenvalue weighted by atomic mass is 32.1. The second-order valence-corrected chi connectivity index (χ2v) is 10.0. The number of hydrogen-bond donors (Lipinski definition) is 2. The number of piperazine rings is 1. The van der Waals surface area contributed by atoms with Crippen LogP contribution in [0.5, 0.6) is 5.75 Å². The minimum Gasteiger partial charge on any atom is -0.489 e. The van der Waals surface area contributed by atoms with E-state index in [1.165, 1.54) is 17.7 Å². The normalized spacial score (nSPS) is 19.6. The lowest BCUT2D eigenvalue weighted by Gasteiger charge is -2.36. The highest BCUT2D eigenvalue weighted by Crippen LogP contribution is 2.39. The van der Waals surface area contributed by atoms with Gasteiger partial charge in [0, 0.05) is 43.3 Å².